The molecule has 1 aromatic carbocycles. The van der Waals surface area contributed by atoms with E-state index >= 15 is 0 Å². The van der Waals surface area contributed by atoms with Crippen molar-refractivity contribution in [1.29, 1.82) is 0 Å². The molecule has 6 nitrogen and oxygen atoms in total. The SMILES string of the molecule is CC(Oc1cc(F)cc(CO)c1)C(=O)NC(N)=O. The number of ether oxygens (including phenoxy) is 1. The van der Waals surface area contributed by atoms with Crippen LogP contribution in [-0.4, -0.2) is 23.1 Å². The highest BCUT2D eigenvalue weighted by molar-refractivity contribution is 5.95. The molecule has 0 radical (unpaired) electrons. The summed E-state index contributed by atoms with van der Waals surface area (Å²) < 4.78 is 18.2. The van der Waals surface area contributed by atoms with E-state index in [1.165, 1.54) is 13.0 Å². The van der Waals surface area contributed by atoms with Crippen molar-refractivity contribution < 1.29 is 23.8 Å². The Labute approximate surface area is 103 Å². The van der Waals surface area contributed by atoms with Gasteiger partial charge in [0.15, 0.2) is 6.10 Å². The molecule has 1 unspecified atom stereocenters. The number of hydrogen-bond acceptors (Lipinski definition) is 4. The zero-order valence-electron chi connectivity index (χ0n) is 9.64. The Bertz CT molecular complexity index is 464. The predicted molar refractivity (Wildman–Crippen MR) is 60.1 cm³/mol. The highest BCUT2D eigenvalue weighted by Gasteiger charge is 2.16. The van der Waals surface area contributed by atoms with Crippen molar-refractivity contribution >= 4 is 11.9 Å². The number of nitrogens with two attached hydrogens (primary N) is 1. The van der Waals surface area contributed by atoms with Gasteiger partial charge >= 0.3 is 6.03 Å². The molecule has 4 N–H and O–H groups in total. The molecule has 0 spiro atoms. The standard InChI is InChI=1S/C11H13FN2O4/c1-6(10(16)14-11(13)17)18-9-3-7(5-15)2-8(12)4-9/h2-4,6,15H,5H2,1H3,(H3,13,14,16,17). The Morgan fingerprint density at radius 3 is 2.72 bits per heavy atom. The Kier molecular flexibility index (Phi) is 4.61. The number of halogens is 1. The summed E-state index contributed by atoms with van der Waals surface area (Å²) in [6, 6.07) is 2.59. The number of nitrogens with one attached hydrogen (secondary N) is 1. The lowest BCUT2D eigenvalue weighted by molar-refractivity contribution is -0.126. The van der Waals surface area contributed by atoms with E-state index in [2.05, 4.69) is 0 Å². The molecule has 98 valence electrons. The molecule has 0 bridgehead atoms. The number of imide groups is 1. The summed E-state index contributed by atoms with van der Waals surface area (Å²) in [7, 11) is 0. The molecule has 3 amide bonds. The summed E-state index contributed by atoms with van der Waals surface area (Å²) in [5.74, 6) is -1.26. The second-order valence-electron chi connectivity index (χ2n) is 3.57. The van der Waals surface area contributed by atoms with Gasteiger partial charge in [0.05, 0.1) is 6.61 Å². The number of hydrogen-bond donors (Lipinski definition) is 3. The van der Waals surface area contributed by atoms with E-state index in [1.807, 2.05) is 5.32 Å². The van der Waals surface area contributed by atoms with Crippen molar-refractivity contribution in [3.8, 4) is 5.75 Å². The van der Waals surface area contributed by atoms with Gasteiger partial charge in [-0.25, -0.2) is 9.18 Å². The van der Waals surface area contributed by atoms with Gasteiger partial charge in [0.25, 0.3) is 5.91 Å². The minimum Gasteiger partial charge on any atom is -0.481 e. The normalized spacial score (nSPS) is 11.7. The fourth-order valence-corrected chi connectivity index (χ4v) is 1.26. The molecular weight excluding hydrogens is 243 g/mol. The summed E-state index contributed by atoms with van der Waals surface area (Å²) >= 11 is 0. The second-order valence-corrected chi connectivity index (χ2v) is 3.57. The molecule has 0 aliphatic rings. The van der Waals surface area contributed by atoms with Crippen LogP contribution in [0.1, 0.15) is 12.5 Å². The molecule has 1 rings (SSSR count). The van der Waals surface area contributed by atoms with E-state index < -0.39 is 23.9 Å². The van der Waals surface area contributed by atoms with Gasteiger partial charge in [-0.05, 0) is 24.6 Å². The summed E-state index contributed by atoms with van der Waals surface area (Å²) in [5, 5.41) is 10.7. The van der Waals surface area contributed by atoms with Gasteiger partial charge in [0.1, 0.15) is 11.6 Å². The first-order chi connectivity index (χ1) is 8.42. The molecule has 1 aromatic rings. The van der Waals surface area contributed by atoms with E-state index in [9.17, 15) is 14.0 Å². The van der Waals surface area contributed by atoms with Crippen LogP contribution in [0, 0.1) is 5.82 Å². The third-order valence-electron chi connectivity index (χ3n) is 2.04. The van der Waals surface area contributed by atoms with Gasteiger partial charge in [0.2, 0.25) is 0 Å². The Morgan fingerprint density at radius 1 is 1.50 bits per heavy atom. The van der Waals surface area contributed by atoms with Crippen LogP contribution >= 0.6 is 0 Å². The number of primary amides is 1. The summed E-state index contributed by atoms with van der Waals surface area (Å²) in [5.41, 5.74) is 5.09. The molecule has 0 aromatic heterocycles. The van der Waals surface area contributed by atoms with Crippen molar-refractivity contribution in [2.45, 2.75) is 19.6 Å². The fraction of sp³-hybridized carbons (Fsp3) is 0.273. The van der Waals surface area contributed by atoms with Crippen LogP contribution in [0.15, 0.2) is 18.2 Å². The monoisotopic (exact) mass is 256 g/mol. The van der Waals surface area contributed by atoms with E-state index in [4.69, 9.17) is 15.6 Å². The molecule has 7 heteroatoms. The molecule has 0 saturated heterocycles. The lowest BCUT2D eigenvalue weighted by Gasteiger charge is -2.14. The Hall–Kier alpha value is -2.15. The van der Waals surface area contributed by atoms with Crippen LogP contribution < -0.4 is 15.8 Å². The zero-order chi connectivity index (χ0) is 13.7. The van der Waals surface area contributed by atoms with Gasteiger partial charge in [-0.1, -0.05) is 0 Å². The van der Waals surface area contributed by atoms with Crippen molar-refractivity contribution in [1.82, 2.24) is 5.32 Å². The number of aliphatic hydroxyl groups excluding tert-OH is 1. The quantitative estimate of drug-likeness (QED) is 0.720. The van der Waals surface area contributed by atoms with Crippen molar-refractivity contribution in [3.63, 3.8) is 0 Å². The first-order valence-corrected chi connectivity index (χ1v) is 5.09. The molecule has 0 saturated carbocycles. The lowest BCUT2D eigenvalue weighted by Crippen LogP contribution is -2.42. The smallest absolute Gasteiger partial charge is 0.318 e. The minimum atomic E-state index is -1.02. The van der Waals surface area contributed by atoms with Gasteiger partial charge in [-0.2, -0.15) is 0 Å². The second kappa shape index (κ2) is 5.97. The zero-order valence-corrected chi connectivity index (χ0v) is 9.64. The minimum absolute atomic E-state index is 0.0752. The molecule has 0 heterocycles. The molecule has 18 heavy (non-hydrogen) atoms. The van der Waals surface area contributed by atoms with Gasteiger partial charge in [-0.15, -0.1) is 0 Å². The average Bonchev–Trinajstić information content (AvgIpc) is 2.27. The van der Waals surface area contributed by atoms with Crippen LogP contribution in [0.2, 0.25) is 0 Å². The summed E-state index contributed by atoms with van der Waals surface area (Å²) in [6.07, 6.45) is -1.02. The number of carbonyl (C=O) groups excluding carboxylic acids is 2. The number of rotatable bonds is 4. The van der Waals surface area contributed by atoms with E-state index in [1.54, 1.807) is 0 Å². The largest absolute Gasteiger partial charge is 0.481 e. The number of amides is 3. The third kappa shape index (κ3) is 4.02. The maximum absolute atomic E-state index is 13.1. The van der Waals surface area contributed by atoms with Crippen molar-refractivity contribution in [2.75, 3.05) is 0 Å². The maximum Gasteiger partial charge on any atom is 0.318 e. The van der Waals surface area contributed by atoms with Gasteiger partial charge in [-0.3, -0.25) is 10.1 Å². The Balaban J connectivity index is 2.75. The Morgan fingerprint density at radius 2 is 2.17 bits per heavy atom. The molecular formula is C11H13FN2O4. The van der Waals surface area contributed by atoms with Crippen LogP contribution in [0.5, 0.6) is 5.75 Å². The summed E-state index contributed by atoms with van der Waals surface area (Å²) in [4.78, 5) is 21.8. The first kappa shape index (κ1) is 13.9. The first-order valence-electron chi connectivity index (χ1n) is 5.09. The molecule has 0 fully saturated rings. The van der Waals surface area contributed by atoms with E-state index in [-0.39, 0.29) is 12.4 Å². The highest BCUT2D eigenvalue weighted by atomic mass is 19.1. The van der Waals surface area contributed by atoms with Crippen LogP contribution in [0.25, 0.3) is 0 Å². The van der Waals surface area contributed by atoms with Crippen LogP contribution in [0.3, 0.4) is 0 Å². The topological polar surface area (TPSA) is 102 Å². The third-order valence-corrected chi connectivity index (χ3v) is 2.04. The van der Waals surface area contributed by atoms with Gasteiger partial charge in [0, 0.05) is 6.07 Å². The number of urea groups is 1. The molecule has 0 aliphatic carbocycles. The fourth-order valence-electron chi connectivity index (χ4n) is 1.26. The van der Waals surface area contributed by atoms with Crippen LogP contribution in [-0.2, 0) is 11.4 Å². The lowest BCUT2D eigenvalue weighted by atomic mass is 10.2. The number of benzene rings is 1. The highest BCUT2D eigenvalue weighted by Crippen LogP contribution is 2.17. The van der Waals surface area contributed by atoms with E-state index in [0.29, 0.717) is 5.56 Å². The molecule has 0 aliphatic heterocycles. The number of carbonyl (C=O) groups is 2. The average molecular weight is 256 g/mol. The van der Waals surface area contributed by atoms with E-state index in [0.717, 1.165) is 12.1 Å². The summed E-state index contributed by atoms with van der Waals surface area (Å²) in [6.45, 7) is 1.03. The predicted octanol–water partition coefficient (Wildman–Crippen LogP) is 0.280. The maximum atomic E-state index is 13.1. The van der Waals surface area contributed by atoms with Crippen molar-refractivity contribution in [3.05, 3.63) is 29.6 Å². The van der Waals surface area contributed by atoms with Crippen molar-refractivity contribution in [2.24, 2.45) is 5.73 Å². The van der Waals surface area contributed by atoms with Crippen LogP contribution in [0.4, 0.5) is 9.18 Å². The van der Waals surface area contributed by atoms with Gasteiger partial charge < -0.3 is 15.6 Å². The number of aliphatic hydroxyl groups is 1. The molecule has 1 atom stereocenters.